The lowest BCUT2D eigenvalue weighted by Crippen LogP contribution is -2.01. The van der Waals surface area contributed by atoms with E-state index in [2.05, 4.69) is 9.97 Å². The zero-order chi connectivity index (χ0) is 10.8. The van der Waals surface area contributed by atoms with E-state index in [-0.39, 0.29) is 5.82 Å². The third kappa shape index (κ3) is 1.99. The van der Waals surface area contributed by atoms with E-state index in [9.17, 15) is 4.39 Å². The van der Waals surface area contributed by atoms with Gasteiger partial charge in [0.2, 0.25) is 0 Å². The number of aromatic nitrogens is 2. The number of nitrogens with one attached hydrogen (secondary N) is 1. The van der Waals surface area contributed by atoms with Crippen LogP contribution in [-0.4, -0.2) is 16.5 Å². The molecule has 0 bridgehead atoms. The van der Waals surface area contributed by atoms with Crippen molar-refractivity contribution >= 4 is 11.0 Å². The molecule has 4 heteroatoms. The largest absolute Gasteiger partial charge is 0.342 e. The van der Waals surface area contributed by atoms with E-state index < -0.39 is 0 Å². The quantitative estimate of drug-likeness (QED) is 0.807. The molecule has 0 amide bonds. The summed E-state index contributed by atoms with van der Waals surface area (Å²) in [7, 11) is 0. The second kappa shape index (κ2) is 3.98. The van der Waals surface area contributed by atoms with Crippen LogP contribution in [0.5, 0.6) is 0 Å². The lowest BCUT2D eigenvalue weighted by Gasteiger charge is -1.93. The number of aromatic amines is 1. The lowest BCUT2D eigenvalue weighted by atomic mass is 10.2. The number of nitrogens with two attached hydrogens (primary N) is 1. The Balaban J connectivity index is 2.38. The predicted octanol–water partition coefficient (Wildman–Crippen LogP) is 1.90. The molecule has 1 aromatic carbocycles. The molecule has 0 aliphatic carbocycles. The summed E-state index contributed by atoms with van der Waals surface area (Å²) in [5, 5.41) is 0. The summed E-state index contributed by atoms with van der Waals surface area (Å²) >= 11 is 0. The molecule has 0 atom stereocenters. The van der Waals surface area contributed by atoms with Crippen LogP contribution in [0.2, 0.25) is 0 Å². The maximum absolute atomic E-state index is 13.2. The van der Waals surface area contributed by atoms with Crippen LogP contribution in [0.15, 0.2) is 12.1 Å². The van der Waals surface area contributed by atoms with Gasteiger partial charge in [-0.25, -0.2) is 9.37 Å². The zero-order valence-electron chi connectivity index (χ0n) is 8.68. The Kier molecular flexibility index (Phi) is 2.68. The first-order valence-corrected chi connectivity index (χ1v) is 5.05. The van der Waals surface area contributed by atoms with Crippen molar-refractivity contribution < 1.29 is 4.39 Å². The van der Waals surface area contributed by atoms with E-state index in [1.165, 1.54) is 6.07 Å². The maximum Gasteiger partial charge on any atom is 0.128 e. The third-order valence-electron chi connectivity index (χ3n) is 2.43. The Morgan fingerprint density at radius 2 is 2.27 bits per heavy atom. The van der Waals surface area contributed by atoms with Crippen LogP contribution in [-0.2, 0) is 6.42 Å². The van der Waals surface area contributed by atoms with Crippen molar-refractivity contribution in [2.45, 2.75) is 19.8 Å². The number of rotatable bonds is 3. The predicted molar refractivity (Wildman–Crippen MR) is 58.2 cm³/mol. The number of H-pyrrole nitrogens is 1. The second-order valence-electron chi connectivity index (χ2n) is 3.69. The van der Waals surface area contributed by atoms with Crippen molar-refractivity contribution in [3.63, 3.8) is 0 Å². The Bertz CT molecular complexity index is 437. The SMILES string of the molecule is Cc1cc2[nH]c(CCCN)nc2cc1F. The highest BCUT2D eigenvalue weighted by molar-refractivity contribution is 5.76. The van der Waals surface area contributed by atoms with Crippen molar-refractivity contribution in [2.24, 2.45) is 5.73 Å². The molecule has 15 heavy (non-hydrogen) atoms. The topological polar surface area (TPSA) is 54.7 Å². The van der Waals surface area contributed by atoms with Gasteiger partial charge in [0.15, 0.2) is 0 Å². The van der Waals surface area contributed by atoms with Gasteiger partial charge in [-0.1, -0.05) is 0 Å². The fourth-order valence-corrected chi connectivity index (χ4v) is 1.58. The standard InChI is InChI=1S/C11H14FN3/c1-7-5-9-10(6-8(7)12)15-11(14-9)3-2-4-13/h5-6H,2-4,13H2,1H3,(H,14,15). The van der Waals surface area contributed by atoms with Gasteiger partial charge in [-0.05, 0) is 31.5 Å². The molecule has 0 spiro atoms. The van der Waals surface area contributed by atoms with Crippen LogP contribution >= 0.6 is 0 Å². The van der Waals surface area contributed by atoms with Crippen molar-refractivity contribution in [3.8, 4) is 0 Å². The van der Waals surface area contributed by atoms with Crippen LogP contribution in [0.3, 0.4) is 0 Å². The van der Waals surface area contributed by atoms with Crippen LogP contribution in [0, 0.1) is 12.7 Å². The molecule has 1 aromatic heterocycles. The van der Waals surface area contributed by atoms with E-state index in [1.807, 2.05) is 0 Å². The molecule has 2 rings (SSSR count). The van der Waals surface area contributed by atoms with Crippen LogP contribution in [0.1, 0.15) is 17.8 Å². The number of aryl methyl sites for hydroxylation is 2. The van der Waals surface area contributed by atoms with E-state index in [0.717, 1.165) is 24.2 Å². The Morgan fingerprint density at radius 3 is 3.00 bits per heavy atom. The fraction of sp³-hybridized carbons (Fsp3) is 0.364. The van der Waals surface area contributed by atoms with Crippen molar-refractivity contribution in [3.05, 3.63) is 29.3 Å². The highest BCUT2D eigenvalue weighted by atomic mass is 19.1. The normalized spacial score (nSPS) is 11.1. The summed E-state index contributed by atoms with van der Waals surface area (Å²) in [6.07, 6.45) is 1.70. The number of nitrogens with zero attached hydrogens (tertiary/aromatic N) is 1. The van der Waals surface area contributed by atoms with Crippen molar-refractivity contribution in [1.82, 2.24) is 9.97 Å². The maximum atomic E-state index is 13.2. The smallest absolute Gasteiger partial charge is 0.128 e. The number of hydrogen-bond donors (Lipinski definition) is 2. The number of benzene rings is 1. The molecule has 2 aromatic rings. The lowest BCUT2D eigenvalue weighted by molar-refractivity contribution is 0.620. The zero-order valence-corrected chi connectivity index (χ0v) is 8.68. The van der Waals surface area contributed by atoms with Gasteiger partial charge in [0.05, 0.1) is 11.0 Å². The minimum Gasteiger partial charge on any atom is -0.342 e. The highest BCUT2D eigenvalue weighted by Gasteiger charge is 2.05. The van der Waals surface area contributed by atoms with Gasteiger partial charge in [0.25, 0.3) is 0 Å². The monoisotopic (exact) mass is 207 g/mol. The summed E-state index contributed by atoms with van der Waals surface area (Å²) in [5.74, 6) is 0.667. The molecule has 0 radical (unpaired) electrons. The minimum atomic E-state index is -0.209. The molecule has 0 unspecified atom stereocenters. The second-order valence-corrected chi connectivity index (χ2v) is 3.69. The van der Waals surface area contributed by atoms with E-state index in [0.29, 0.717) is 17.6 Å². The Hall–Kier alpha value is -1.42. The van der Waals surface area contributed by atoms with Gasteiger partial charge >= 0.3 is 0 Å². The van der Waals surface area contributed by atoms with Gasteiger partial charge in [0, 0.05) is 12.5 Å². The summed E-state index contributed by atoms with van der Waals surface area (Å²) < 4.78 is 13.2. The fourth-order valence-electron chi connectivity index (χ4n) is 1.58. The summed E-state index contributed by atoms with van der Waals surface area (Å²) in [6.45, 7) is 2.39. The average molecular weight is 207 g/mol. The molecule has 0 saturated carbocycles. The van der Waals surface area contributed by atoms with Crippen molar-refractivity contribution in [1.29, 1.82) is 0 Å². The molecule has 80 valence electrons. The molecule has 0 saturated heterocycles. The first-order valence-electron chi connectivity index (χ1n) is 5.05. The van der Waals surface area contributed by atoms with Gasteiger partial charge in [-0.15, -0.1) is 0 Å². The molecular formula is C11H14FN3. The van der Waals surface area contributed by atoms with Gasteiger partial charge in [0.1, 0.15) is 11.6 Å². The van der Waals surface area contributed by atoms with Gasteiger partial charge in [-0.2, -0.15) is 0 Å². The molecule has 0 fully saturated rings. The molecule has 0 aliphatic heterocycles. The third-order valence-corrected chi connectivity index (χ3v) is 2.43. The molecule has 3 N–H and O–H groups in total. The molecular weight excluding hydrogens is 193 g/mol. The first-order chi connectivity index (χ1) is 7.20. The number of halogens is 1. The van der Waals surface area contributed by atoms with Crippen LogP contribution in [0.25, 0.3) is 11.0 Å². The summed E-state index contributed by atoms with van der Waals surface area (Å²) in [4.78, 5) is 7.47. The average Bonchev–Trinajstić information content (AvgIpc) is 2.58. The highest BCUT2D eigenvalue weighted by Crippen LogP contribution is 2.17. The summed E-state index contributed by atoms with van der Waals surface area (Å²) in [5.41, 5.74) is 7.63. The Labute approximate surface area is 87.5 Å². The van der Waals surface area contributed by atoms with Crippen LogP contribution < -0.4 is 5.73 Å². The van der Waals surface area contributed by atoms with E-state index >= 15 is 0 Å². The van der Waals surface area contributed by atoms with Gasteiger partial charge < -0.3 is 10.7 Å². The minimum absolute atomic E-state index is 0.209. The number of imidazole rings is 1. The first kappa shape index (κ1) is 10.1. The Morgan fingerprint density at radius 1 is 1.47 bits per heavy atom. The van der Waals surface area contributed by atoms with E-state index in [1.54, 1.807) is 13.0 Å². The van der Waals surface area contributed by atoms with Crippen LogP contribution in [0.4, 0.5) is 4.39 Å². The summed E-state index contributed by atoms with van der Waals surface area (Å²) in [6, 6.07) is 3.25. The molecule has 1 heterocycles. The molecule has 0 aliphatic rings. The van der Waals surface area contributed by atoms with Gasteiger partial charge in [-0.3, -0.25) is 0 Å². The molecule has 3 nitrogen and oxygen atoms in total. The number of fused-ring (bicyclic) bond motifs is 1. The van der Waals surface area contributed by atoms with E-state index in [4.69, 9.17) is 5.73 Å². The van der Waals surface area contributed by atoms with Crippen molar-refractivity contribution in [2.75, 3.05) is 6.54 Å². The number of hydrogen-bond acceptors (Lipinski definition) is 2.